The fraction of sp³-hybridized carbons (Fsp3) is 0.523. The summed E-state index contributed by atoms with van der Waals surface area (Å²) in [5.41, 5.74) is 13.2. The van der Waals surface area contributed by atoms with Gasteiger partial charge in [0, 0.05) is 32.2 Å². The van der Waals surface area contributed by atoms with Crippen molar-refractivity contribution in [1.82, 2.24) is 52.8 Å². The van der Waals surface area contributed by atoms with Crippen molar-refractivity contribution in [2.45, 2.75) is 186 Å². The molecular weight excluding hydrogens is 1220 g/mol. The number of carboxylic acid groups (broad SMARTS) is 2. The quantitative estimate of drug-likeness (QED) is 0.0330. The maximum absolute atomic E-state index is 14.6. The first-order valence-electron chi connectivity index (χ1n) is 31.4. The van der Waals surface area contributed by atoms with Crippen LogP contribution in [-0.2, 0) is 81.6 Å². The van der Waals surface area contributed by atoms with E-state index in [0.717, 1.165) is 5.56 Å². The second-order valence-corrected chi connectivity index (χ2v) is 24.4. The smallest absolute Gasteiger partial charge is 0.326 e. The summed E-state index contributed by atoms with van der Waals surface area (Å²) in [5, 5.41) is 63.0. The maximum atomic E-state index is 14.6. The highest BCUT2D eigenvalue weighted by Crippen LogP contribution is 2.23. The molecule has 11 amide bonds. The zero-order valence-corrected chi connectivity index (χ0v) is 54.1. The highest BCUT2D eigenvalue weighted by Gasteiger charge is 2.42. The molecule has 94 heavy (non-hydrogen) atoms. The minimum Gasteiger partial charge on any atom is -0.508 e. The van der Waals surface area contributed by atoms with Crippen LogP contribution < -0.4 is 59.3 Å². The van der Waals surface area contributed by atoms with Crippen LogP contribution in [0.5, 0.6) is 5.75 Å². The average molecular weight is 1310 g/mol. The number of rotatable bonds is 38. The van der Waals surface area contributed by atoms with Gasteiger partial charge in [0.25, 0.3) is 0 Å². The zero-order valence-electron chi connectivity index (χ0n) is 54.1. The van der Waals surface area contributed by atoms with Crippen LogP contribution in [0.15, 0.2) is 84.9 Å². The van der Waals surface area contributed by atoms with Crippen LogP contribution in [0.2, 0.25) is 0 Å². The molecule has 29 nitrogen and oxygen atoms in total. The van der Waals surface area contributed by atoms with Crippen molar-refractivity contribution >= 4 is 76.9 Å². The first-order chi connectivity index (χ1) is 44.4. The number of amides is 11. The molecule has 29 heteroatoms. The lowest BCUT2D eigenvalue weighted by molar-refractivity contribution is -0.143. The lowest BCUT2D eigenvalue weighted by Gasteiger charge is -2.33. The Balaban J connectivity index is 1.54. The SMILES string of the molecule is CC[C@H](C)[C@H](NC(=O)[C@@H]1CCCN1C(=O)[C@@H](NC(=O)[C@@H](N)Cc1ccccc1)C(C)C)C(=O)N[C@@H](Cc1ccccc1)C(=O)N[C@H](C(=O)N[C@@H](Cc1ccc(O)cc1)C(=O)NCC(=O)N[C@@H](CCC(=O)O)C(=O)N[C@@H](CC(C)C)C(=O)N[C@@H](CCC(N)=O)C(=O)O)[C@@H](C)O. The molecule has 0 aliphatic carbocycles. The summed E-state index contributed by atoms with van der Waals surface area (Å²) >= 11 is 0. The molecular formula is C65H92N12O17. The lowest BCUT2D eigenvalue weighted by atomic mass is 9.96. The van der Waals surface area contributed by atoms with E-state index in [9.17, 15) is 82.8 Å². The molecule has 1 fully saturated rings. The lowest BCUT2D eigenvalue weighted by Crippen LogP contribution is -2.62. The van der Waals surface area contributed by atoms with E-state index in [1.165, 1.54) is 36.1 Å². The van der Waals surface area contributed by atoms with Crippen LogP contribution in [0.25, 0.3) is 0 Å². The van der Waals surface area contributed by atoms with Crippen molar-refractivity contribution in [3.63, 3.8) is 0 Å². The van der Waals surface area contributed by atoms with Gasteiger partial charge in [-0.2, -0.15) is 0 Å². The Morgan fingerprint density at radius 1 is 0.553 bits per heavy atom. The number of phenolic OH excluding ortho intramolecular Hbond substituents is 1. The van der Waals surface area contributed by atoms with Crippen molar-refractivity contribution in [1.29, 1.82) is 0 Å². The van der Waals surface area contributed by atoms with Crippen LogP contribution >= 0.6 is 0 Å². The van der Waals surface area contributed by atoms with Crippen molar-refractivity contribution in [3.05, 3.63) is 102 Å². The fourth-order valence-electron chi connectivity index (χ4n) is 10.3. The highest BCUT2D eigenvalue weighted by atomic mass is 16.4. The van der Waals surface area contributed by atoms with E-state index < -0.39 is 175 Å². The van der Waals surface area contributed by atoms with Gasteiger partial charge in [-0.05, 0) is 92.0 Å². The van der Waals surface area contributed by atoms with E-state index in [-0.39, 0.29) is 63.2 Å². The summed E-state index contributed by atoms with van der Waals surface area (Å²) < 4.78 is 0. The van der Waals surface area contributed by atoms with E-state index >= 15 is 0 Å². The number of aliphatic carboxylic acids is 2. The van der Waals surface area contributed by atoms with E-state index in [0.29, 0.717) is 24.0 Å². The standard InChI is InChI=1S/C65H92N12O17/c1-8-37(6)54(75-61(89)49-20-15-29-77(49)64(92)53(36(4)5)74-56(84)43(66)31-39-16-11-9-12-17-39)62(90)73-48(32-40-18-13-10-14-19-40)60(88)76-55(38(7)78)63(91)72-47(33-41-21-23-42(79)24-22-41)57(85)68-34-51(81)69-44(26-28-52(82)83)58(86)71-46(30-35(2)3)59(87)70-45(65(93)94)25-27-50(67)80/h9-14,16-19,21-24,35-38,43-49,53-55,78-79H,8,15,20,25-34,66H2,1-7H3,(H2,67,80)(H,68,85)(H,69,81)(H,70,87)(H,71,86)(H,72,91)(H,73,90)(H,74,84)(H,75,89)(H,76,88)(H,82,83)(H,93,94)/t37-,38+,43-,44-,45-,46-,47-,48-,49-,53-,54-,55-/m0/s1. The predicted octanol–water partition coefficient (Wildman–Crippen LogP) is -0.923. The summed E-state index contributed by atoms with van der Waals surface area (Å²) in [6.45, 7) is 10.8. The summed E-state index contributed by atoms with van der Waals surface area (Å²) in [7, 11) is 0. The molecule has 1 heterocycles. The van der Waals surface area contributed by atoms with Crippen LogP contribution in [0, 0.1) is 17.8 Å². The number of carbonyl (C=O) groups excluding carboxylic acids is 11. The normalized spacial score (nSPS) is 16.3. The van der Waals surface area contributed by atoms with Gasteiger partial charge in [0.15, 0.2) is 0 Å². The first kappa shape index (κ1) is 76.9. The third-order valence-electron chi connectivity index (χ3n) is 15.8. The molecule has 3 aromatic carbocycles. The molecule has 0 unspecified atom stereocenters. The van der Waals surface area contributed by atoms with Gasteiger partial charge in [0.1, 0.15) is 60.1 Å². The molecule has 0 saturated carbocycles. The van der Waals surface area contributed by atoms with E-state index in [4.69, 9.17) is 11.5 Å². The Hall–Kier alpha value is -9.51. The number of hydrogen-bond donors (Lipinski definition) is 15. The van der Waals surface area contributed by atoms with Crippen LogP contribution in [0.4, 0.5) is 0 Å². The van der Waals surface area contributed by atoms with Gasteiger partial charge in [-0.25, -0.2) is 4.79 Å². The number of benzene rings is 3. The summed E-state index contributed by atoms with van der Waals surface area (Å²) in [5.74, 6) is -13.8. The minimum atomic E-state index is -1.84. The summed E-state index contributed by atoms with van der Waals surface area (Å²) in [4.78, 5) is 177. The highest BCUT2D eigenvalue weighted by molar-refractivity contribution is 5.99. The maximum Gasteiger partial charge on any atom is 0.326 e. The molecule has 514 valence electrons. The number of carboxylic acids is 2. The van der Waals surface area contributed by atoms with Crippen molar-refractivity contribution in [3.8, 4) is 5.75 Å². The molecule has 17 N–H and O–H groups in total. The van der Waals surface area contributed by atoms with Gasteiger partial charge in [-0.3, -0.25) is 57.5 Å². The Morgan fingerprint density at radius 3 is 1.59 bits per heavy atom. The fourth-order valence-corrected chi connectivity index (χ4v) is 10.3. The predicted molar refractivity (Wildman–Crippen MR) is 342 cm³/mol. The number of phenols is 1. The van der Waals surface area contributed by atoms with Crippen LogP contribution in [0.1, 0.15) is 117 Å². The van der Waals surface area contributed by atoms with Crippen molar-refractivity contribution < 1.29 is 82.8 Å². The Labute approximate surface area is 545 Å². The number of aromatic hydroxyl groups is 1. The van der Waals surface area contributed by atoms with Crippen LogP contribution in [-0.4, -0.2) is 182 Å². The van der Waals surface area contributed by atoms with Crippen molar-refractivity contribution in [2.75, 3.05) is 13.1 Å². The van der Waals surface area contributed by atoms with Crippen LogP contribution in [0.3, 0.4) is 0 Å². The van der Waals surface area contributed by atoms with Gasteiger partial charge < -0.3 is 84.6 Å². The molecule has 0 bridgehead atoms. The molecule has 12 atom stereocenters. The number of hydrogen-bond acceptors (Lipinski definition) is 16. The number of nitrogens with two attached hydrogens (primary N) is 2. The van der Waals surface area contributed by atoms with Gasteiger partial charge in [0.2, 0.25) is 65.0 Å². The Morgan fingerprint density at radius 2 is 1.05 bits per heavy atom. The first-order valence-corrected chi connectivity index (χ1v) is 31.4. The minimum absolute atomic E-state index is 0.0570. The van der Waals surface area contributed by atoms with E-state index in [2.05, 4.69) is 47.9 Å². The van der Waals surface area contributed by atoms with Crippen molar-refractivity contribution in [2.24, 2.45) is 29.2 Å². The topological polar surface area (TPSA) is 466 Å². The largest absolute Gasteiger partial charge is 0.508 e. The number of aliphatic hydroxyl groups excluding tert-OH is 1. The molecule has 0 radical (unpaired) electrons. The van der Waals surface area contributed by atoms with Gasteiger partial charge >= 0.3 is 11.9 Å². The third kappa shape index (κ3) is 25.2. The number of primary amides is 1. The van der Waals surface area contributed by atoms with E-state index in [1.54, 1.807) is 71.9 Å². The van der Waals surface area contributed by atoms with Gasteiger partial charge in [-0.15, -0.1) is 0 Å². The molecule has 1 aliphatic heterocycles. The molecule has 1 saturated heterocycles. The van der Waals surface area contributed by atoms with Gasteiger partial charge in [0.05, 0.1) is 18.7 Å². The van der Waals surface area contributed by atoms with E-state index in [1.807, 2.05) is 30.3 Å². The summed E-state index contributed by atoms with van der Waals surface area (Å²) in [6.07, 6.45) is -2.95. The molecule has 0 spiro atoms. The number of likely N-dealkylation sites (tertiary alicyclic amines) is 1. The molecule has 4 rings (SSSR count). The Bertz CT molecular complexity index is 3100. The molecule has 3 aromatic rings. The average Bonchev–Trinajstić information content (AvgIpc) is 1.58. The number of aliphatic hydroxyl groups is 1. The number of nitrogens with one attached hydrogen (secondary N) is 9. The number of carbonyl (C=O) groups is 13. The third-order valence-corrected chi connectivity index (χ3v) is 15.8. The number of nitrogens with zero attached hydrogens (tertiary/aromatic N) is 1. The second-order valence-electron chi connectivity index (χ2n) is 24.4. The second kappa shape index (κ2) is 37.9. The van der Waals surface area contributed by atoms with Gasteiger partial charge in [-0.1, -0.05) is 121 Å². The molecule has 0 aromatic heterocycles. The zero-order chi connectivity index (χ0) is 69.9. The summed E-state index contributed by atoms with van der Waals surface area (Å²) in [6, 6.07) is 9.12. The monoisotopic (exact) mass is 1310 g/mol. The Kier molecular flexibility index (Phi) is 31.0. The molecule has 1 aliphatic rings.